The monoisotopic (exact) mass is 359 g/mol. The fourth-order valence-electron chi connectivity index (χ4n) is 3.48. The molecule has 1 unspecified atom stereocenters. The van der Waals surface area contributed by atoms with Gasteiger partial charge in [0.1, 0.15) is 17.1 Å². The molecule has 3 aromatic carbocycles. The van der Waals surface area contributed by atoms with E-state index < -0.39 is 5.60 Å². The van der Waals surface area contributed by atoms with Gasteiger partial charge in [-0.05, 0) is 60.4 Å². The molecule has 0 aliphatic heterocycles. The lowest BCUT2D eigenvalue weighted by atomic mass is 9.96. The van der Waals surface area contributed by atoms with Crippen LogP contribution in [0.2, 0.25) is 0 Å². The van der Waals surface area contributed by atoms with E-state index in [4.69, 9.17) is 4.74 Å². The molecule has 0 saturated heterocycles. The Bertz CT molecular complexity index is 937. The lowest BCUT2D eigenvalue weighted by molar-refractivity contribution is 0.0369. The fourth-order valence-corrected chi connectivity index (χ4v) is 3.48. The van der Waals surface area contributed by atoms with Crippen molar-refractivity contribution >= 4 is 5.91 Å². The minimum absolute atomic E-state index is 0.200. The van der Waals surface area contributed by atoms with E-state index in [1.807, 2.05) is 54.6 Å². The molecule has 3 aromatic rings. The van der Waals surface area contributed by atoms with Gasteiger partial charge in [0.2, 0.25) is 0 Å². The Balaban J connectivity index is 1.39. The third-order valence-corrected chi connectivity index (χ3v) is 4.96. The normalized spacial score (nSPS) is 18.0. The van der Waals surface area contributed by atoms with Crippen LogP contribution in [0.3, 0.4) is 0 Å². The topological polar surface area (TPSA) is 58.6 Å². The number of aryl methyl sites for hydroxylation is 1. The Morgan fingerprint density at radius 1 is 0.926 bits per heavy atom. The van der Waals surface area contributed by atoms with Crippen molar-refractivity contribution in [3.63, 3.8) is 0 Å². The van der Waals surface area contributed by atoms with Crippen molar-refractivity contribution in [2.45, 2.75) is 18.4 Å². The number of hydrogen-bond acceptors (Lipinski definition) is 3. The van der Waals surface area contributed by atoms with E-state index in [1.165, 1.54) is 0 Å². The largest absolute Gasteiger partial charge is 0.457 e. The first-order valence-corrected chi connectivity index (χ1v) is 9.06. The highest BCUT2D eigenvalue weighted by atomic mass is 16.5. The van der Waals surface area contributed by atoms with E-state index in [0.717, 1.165) is 23.3 Å². The minimum atomic E-state index is -0.997. The Kier molecular flexibility index (Phi) is 4.65. The summed E-state index contributed by atoms with van der Waals surface area (Å²) >= 11 is 0. The number of ether oxygens (including phenoxy) is 1. The van der Waals surface area contributed by atoms with Gasteiger partial charge in [0.25, 0.3) is 5.91 Å². The molecule has 4 rings (SSSR count). The van der Waals surface area contributed by atoms with Crippen LogP contribution in [-0.2, 0) is 12.0 Å². The van der Waals surface area contributed by atoms with Crippen molar-refractivity contribution in [1.29, 1.82) is 0 Å². The minimum Gasteiger partial charge on any atom is -0.457 e. The van der Waals surface area contributed by atoms with Gasteiger partial charge in [0, 0.05) is 5.56 Å². The van der Waals surface area contributed by atoms with E-state index in [9.17, 15) is 9.90 Å². The summed E-state index contributed by atoms with van der Waals surface area (Å²) in [6, 6.07) is 24.3. The lowest BCUT2D eigenvalue weighted by Gasteiger charge is -2.24. The SMILES string of the molecule is O=C(NCC1(O)CCc2ccccc21)c1ccc(Oc2ccccc2)cc1. The predicted molar refractivity (Wildman–Crippen MR) is 104 cm³/mol. The van der Waals surface area contributed by atoms with Crippen molar-refractivity contribution in [1.82, 2.24) is 5.32 Å². The van der Waals surface area contributed by atoms with Gasteiger partial charge in [-0.15, -0.1) is 0 Å². The quantitative estimate of drug-likeness (QED) is 0.723. The summed E-state index contributed by atoms with van der Waals surface area (Å²) in [5, 5.41) is 13.8. The van der Waals surface area contributed by atoms with Crippen molar-refractivity contribution in [2.24, 2.45) is 0 Å². The molecule has 136 valence electrons. The van der Waals surface area contributed by atoms with E-state index in [2.05, 4.69) is 5.32 Å². The maximum atomic E-state index is 12.5. The molecular weight excluding hydrogens is 338 g/mol. The van der Waals surface area contributed by atoms with Crippen LogP contribution >= 0.6 is 0 Å². The van der Waals surface area contributed by atoms with Crippen LogP contribution in [0.5, 0.6) is 11.5 Å². The molecule has 0 radical (unpaired) electrons. The highest BCUT2D eigenvalue weighted by Crippen LogP contribution is 2.36. The van der Waals surface area contributed by atoms with Crippen molar-refractivity contribution in [2.75, 3.05) is 6.54 Å². The number of benzene rings is 3. The number of hydrogen-bond donors (Lipinski definition) is 2. The number of fused-ring (bicyclic) bond motifs is 1. The molecule has 0 heterocycles. The molecule has 0 fully saturated rings. The van der Waals surface area contributed by atoms with E-state index in [-0.39, 0.29) is 12.5 Å². The molecule has 0 saturated carbocycles. The zero-order valence-electron chi connectivity index (χ0n) is 14.9. The van der Waals surface area contributed by atoms with Crippen LogP contribution in [0, 0.1) is 0 Å². The Labute approximate surface area is 158 Å². The van der Waals surface area contributed by atoms with Crippen LogP contribution in [0.1, 0.15) is 27.9 Å². The summed E-state index contributed by atoms with van der Waals surface area (Å²) in [5.74, 6) is 1.21. The number of nitrogens with one attached hydrogen (secondary N) is 1. The average molecular weight is 359 g/mol. The fraction of sp³-hybridized carbons (Fsp3) is 0.174. The maximum Gasteiger partial charge on any atom is 0.251 e. The van der Waals surface area contributed by atoms with Gasteiger partial charge in [0.05, 0.1) is 6.54 Å². The average Bonchev–Trinajstić information content (AvgIpc) is 3.05. The van der Waals surface area contributed by atoms with Crippen molar-refractivity contribution in [3.05, 3.63) is 95.6 Å². The Morgan fingerprint density at radius 3 is 2.37 bits per heavy atom. The summed E-state index contributed by atoms with van der Waals surface area (Å²) < 4.78 is 5.74. The van der Waals surface area contributed by atoms with Crippen molar-refractivity contribution < 1.29 is 14.6 Å². The molecule has 1 aliphatic carbocycles. The summed E-state index contributed by atoms with van der Waals surface area (Å²) in [7, 11) is 0. The van der Waals surface area contributed by atoms with Crippen LogP contribution in [0.4, 0.5) is 0 Å². The number of rotatable bonds is 5. The zero-order chi connectivity index (χ0) is 18.7. The molecule has 2 N–H and O–H groups in total. The van der Waals surface area contributed by atoms with Crippen molar-refractivity contribution in [3.8, 4) is 11.5 Å². The lowest BCUT2D eigenvalue weighted by Crippen LogP contribution is -2.39. The third kappa shape index (κ3) is 3.71. The summed E-state index contributed by atoms with van der Waals surface area (Å²) in [6.07, 6.45) is 1.45. The van der Waals surface area contributed by atoms with Crippen LogP contribution < -0.4 is 10.1 Å². The van der Waals surface area contributed by atoms with Gasteiger partial charge in [-0.1, -0.05) is 42.5 Å². The zero-order valence-corrected chi connectivity index (χ0v) is 14.9. The molecule has 27 heavy (non-hydrogen) atoms. The molecule has 0 aromatic heterocycles. The Morgan fingerprint density at radius 2 is 1.59 bits per heavy atom. The summed E-state index contributed by atoms with van der Waals surface area (Å²) in [4.78, 5) is 12.5. The first-order valence-electron chi connectivity index (χ1n) is 9.06. The van der Waals surface area contributed by atoms with E-state index in [0.29, 0.717) is 17.7 Å². The molecule has 1 aliphatic rings. The van der Waals surface area contributed by atoms with Gasteiger partial charge < -0.3 is 15.2 Å². The molecule has 1 atom stereocenters. The molecule has 4 heteroatoms. The molecule has 0 bridgehead atoms. The Hall–Kier alpha value is -3.11. The van der Waals surface area contributed by atoms with Gasteiger partial charge in [0.15, 0.2) is 0 Å². The molecular formula is C23H21NO3. The van der Waals surface area contributed by atoms with E-state index in [1.54, 1.807) is 24.3 Å². The maximum absolute atomic E-state index is 12.5. The molecule has 0 spiro atoms. The van der Waals surface area contributed by atoms with Gasteiger partial charge in [-0.25, -0.2) is 0 Å². The second-order valence-corrected chi connectivity index (χ2v) is 6.81. The number of carbonyl (C=O) groups excluding carboxylic acids is 1. The van der Waals surface area contributed by atoms with E-state index >= 15 is 0 Å². The van der Waals surface area contributed by atoms with Gasteiger partial charge >= 0.3 is 0 Å². The molecule has 4 nitrogen and oxygen atoms in total. The second-order valence-electron chi connectivity index (χ2n) is 6.81. The molecule has 1 amide bonds. The first-order chi connectivity index (χ1) is 13.1. The third-order valence-electron chi connectivity index (χ3n) is 4.96. The van der Waals surface area contributed by atoms with Gasteiger partial charge in [-0.3, -0.25) is 4.79 Å². The summed E-state index contributed by atoms with van der Waals surface area (Å²) in [6.45, 7) is 0.200. The first kappa shape index (κ1) is 17.3. The van der Waals surface area contributed by atoms with Gasteiger partial charge in [-0.2, -0.15) is 0 Å². The van der Waals surface area contributed by atoms with Crippen LogP contribution in [0.15, 0.2) is 78.9 Å². The smallest absolute Gasteiger partial charge is 0.251 e. The standard InChI is InChI=1S/C23H21NO3/c25-22(24-16-23(26)15-14-17-6-4-5-9-21(17)23)18-10-12-20(13-11-18)27-19-7-2-1-3-8-19/h1-13,26H,14-16H2,(H,24,25). The number of carbonyl (C=O) groups is 1. The predicted octanol–water partition coefficient (Wildman–Crippen LogP) is 4.04. The highest BCUT2D eigenvalue weighted by molar-refractivity contribution is 5.94. The second kappa shape index (κ2) is 7.25. The number of amides is 1. The van der Waals surface area contributed by atoms with Crippen LogP contribution in [0.25, 0.3) is 0 Å². The summed E-state index contributed by atoms with van der Waals surface area (Å²) in [5.41, 5.74) is 1.60. The number of aliphatic hydroxyl groups is 1. The van der Waals surface area contributed by atoms with Crippen LogP contribution in [-0.4, -0.2) is 17.6 Å². The highest BCUT2D eigenvalue weighted by Gasteiger charge is 2.36. The number of para-hydroxylation sites is 1.